The molecule has 0 heterocycles. The lowest BCUT2D eigenvalue weighted by atomic mass is 10.1. The standard InChI is InChI=1S/C8H6O4.2FH/c9-7(10)5-2-1-3-6(4-5)8(11)12;;/h1-4H,(H,9,10)(H,11,12);2*1H. The second-order valence-electron chi connectivity index (χ2n) is 2.19. The third-order valence-electron chi connectivity index (χ3n) is 1.36. The Balaban J connectivity index is 0. The van der Waals surface area contributed by atoms with E-state index < -0.39 is 11.9 Å². The van der Waals surface area contributed by atoms with E-state index in [1.165, 1.54) is 18.2 Å². The third-order valence-corrected chi connectivity index (χ3v) is 1.36. The number of hydrogen-bond acceptors (Lipinski definition) is 2. The van der Waals surface area contributed by atoms with Crippen molar-refractivity contribution in [1.29, 1.82) is 0 Å². The van der Waals surface area contributed by atoms with Crippen molar-refractivity contribution in [2.75, 3.05) is 0 Å². The van der Waals surface area contributed by atoms with Gasteiger partial charge in [-0.2, -0.15) is 0 Å². The minimum absolute atomic E-state index is 0. The molecule has 0 radical (unpaired) electrons. The lowest BCUT2D eigenvalue weighted by Gasteiger charge is -1.95. The Labute approximate surface area is 77.5 Å². The first-order valence-corrected chi connectivity index (χ1v) is 3.18. The molecule has 0 aromatic heterocycles. The maximum Gasteiger partial charge on any atom is 0.335 e. The largest absolute Gasteiger partial charge is 0.478 e. The van der Waals surface area contributed by atoms with Crippen LogP contribution in [0.1, 0.15) is 20.7 Å². The van der Waals surface area contributed by atoms with Crippen LogP contribution in [0.5, 0.6) is 0 Å². The number of hydrogen-bond donors (Lipinski definition) is 2. The van der Waals surface area contributed by atoms with Crippen LogP contribution in [0.3, 0.4) is 0 Å². The molecule has 0 fully saturated rings. The van der Waals surface area contributed by atoms with E-state index in [9.17, 15) is 9.59 Å². The van der Waals surface area contributed by atoms with E-state index in [1.54, 1.807) is 0 Å². The summed E-state index contributed by atoms with van der Waals surface area (Å²) in [7, 11) is 0. The zero-order chi connectivity index (χ0) is 9.14. The van der Waals surface area contributed by atoms with Gasteiger partial charge in [0.2, 0.25) is 0 Å². The summed E-state index contributed by atoms with van der Waals surface area (Å²) >= 11 is 0. The van der Waals surface area contributed by atoms with Crippen molar-refractivity contribution in [3.63, 3.8) is 0 Å². The monoisotopic (exact) mass is 206 g/mol. The number of benzene rings is 1. The molecular weight excluding hydrogens is 198 g/mol. The number of carbonyl (C=O) groups is 2. The number of aromatic carboxylic acids is 2. The van der Waals surface area contributed by atoms with Crippen LogP contribution >= 0.6 is 0 Å². The molecule has 0 amide bonds. The Morgan fingerprint density at radius 1 is 0.929 bits per heavy atom. The van der Waals surface area contributed by atoms with Crippen molar-refractivity contribution in [2.24, 2.45) is 0 Å². The van der Waals surface area contributed by atoms with Gasteiger partial charge in [0.25, 0.3) is 0 Å². The van der Waals surface area contributed by atoms with Crippen LogP contribution < -0.4 is 0 Å². The van der Waals surface area contributed by atoms with Crippen LogP contribution in [0.25, 0.3) is 0 Å². The second-order valence-corrected chi connectivity index (χ2v) is 2.19. The summed E-state index contributed by atoms with van der Waals surface area (Å²) in [4.78, 5) is 20.8. The van der Waals surface area contributed by atoms with Crippen LogP contribution in [-0.4, -0.2) is 22.2 Å². The summed E-state index contributed by atoms with van der Waals surface area (Å²) in [6, 6.07) is 5.20. The van der Waals surface area contributed by atoms with Crippen molar-refractivity contribution in [1.82, 2.24) is 0 Å². The van der Waals surface area contributed by atoms with Crippen molar-refractivity contribution < 1.29 is 29.2 Å². The van der Waals surface area contributed by atoms with Gasteiger partial charge in [-0.25, -0.2) is 9.59 Å². The Kier molecular flexibility index (Phi) is 5.85. The molecule has 1 aromatic carbocycles. The quantitative estimate of drug-likeness (QED) is 0.766. The summed E-state index contributed by atoms with van der Waals surface area (Å²) < 4.78 is 0. The van der Waals surface area contributed by atoms with Gasteiger partial charge in [-0.15, -0.1) is 0 Å². The molecule has 0 aliphatic heterocycles. The maximum atomic E-state index is 10.4. The van der Waals surface area contributed by atoms with Crippen molar-refractivity contribution in [3.8, 4) is 0 Å². The van der Waals surface area contributed by atoms with Crippen LogP contribution in [0, 0.1) is 0 Å². The first-order chi connectivity index (χ1) is 5.61. The van der Waals surface area contributed by atoms with Gasteiger partial charge >= 0.3 is 11.9 Å². The van der Waals surface area contributed by atoms with Gasteiger partial charge in [0.15, 0.2) is 0 Å². The highest BCUT2D eigenvalue weighted by atomic mass is 19.0. The van der Waals surface area contributed by atoms with Gasteiger partial charge in [0.05, 0.1) is 11.1 Å². The Morgan fingerprint density at radius 2 is 1.29 bits per heavy atom. The predicted octanol–water partition coefficient (Wildman–Crippen LogP) is 1.39. The average molecular weight is 206 g/mol. The molecule has 1 aromatic rings. The molecule has 0 atom stereocenters. The van der Waals surface area contributed by atoms with E-state index in [1.807, 2.05) is 0 Å². The van der Waals surface area contributed by atoms with E-state index in [-0.39, 0.29) is 20.5 Å². The fourth-order valence-corrected chi connectivity index (χ4v) is 0.785. The summed E-state index contributed by atoms with van der Waals surface area (Å²) in [6.07, 6.45) is 0. The Bertz CT molecular complexity index is 309. The number of halogens is 2. The van der Waals surface area contributed by atoms with E-state index >= 15 is 0 Å². The fraction of sp³-hybridized carbons (Fsp3) is 0. The molecule has 2 N–H and O–H groups in total. The van der Waals surface area contributed by atoms with Crippen LogP contribution in [0.15, 0.2) is 24.3 Å². The minimum atomic E-state index is -1.13. The molecule has 6 heteroatoms. The minimum Gasteiger partial charge on any atom is -0.478 e. The van der Waals surface area contributed by atoms with Gasteiger partial charge in [0, 0.05) is 0 Å². The number of carboxylic acid groups (broad SMARTS) is 2. The highest BCUT2D eigenvalue weighted by Gasteiger charge is 2.06. The summed E-state index contributed by atoms with van der Waals surface area (Å²) in [5.74, 6) is -2.25. The highest BCUT2D eigenvalue weighted by molar-refractivity contribution is 5.93. The summed E-state index contributed by atoms with van der Waals surface area (Å²) in [5.41, 5.74) is -0.0372. The predicted molar refractivity (Wildman–Crippen MR) is 45.4 cm³/mol. The molecule has 78 valence electrons. The lowest BCUT2D eigenvalue weighted by molar-refractivity contribution is 0.0696. The van der Waals surface area contributed by atoms with E-state index in [4.69, 9.17) is 10.2 Å². The second kappa shape index (κ2) is 5.63. The molecule has 1 rings (SSSR count). The molecular formula is C8H8F2O4. The molecule has 14 heavy (non-hydrogen) atoms. The first kappa shape index (κ1) is 14.5. The van der Waals surface area contributed by atoms with E-state index in [0.717, 1.165) is 6.07 Å². The fourth-order valence-electron chi connectivity index (χ4n) is 0.785. The summed E-state index contributed by atoms with van der Waals surface area (Å²) in [6.45, 7) is 0. The van der Waals surface area contributed by atoms with Crippen LogP contribution in [-0.2, 0) is 0 Å². The lowest BCUT2D eigenvalue weighted by Crippen LogP contribution is -2.01. The van der Waals surface area contributed by atoms with Crippen LogP contribution in [0.2, 0.25) is 0 Å². The zero-order valence-corrected chi connectivity index (χ0v) is 6.84. The number of carboxylic acids is 2. The average Bonchev–Trinajstić information content (AvgIpc) is 2.04. The van der Waals surface area contributed by atoms with Gasteiger partial charge in [-0.3, -0.25) is 9.41 Å². The van der Waals surface area contributed by atoms with E-state index in [2.05, 4.69) is 0 Å². The van der Waals surface area contributed by atoms with Gasteiger partial charge in [-0.1, -0.05) is 6.07 Å². The molecule has 0 saturated heterocycles. The van der Waals surface area contributed by atoms with Crippen molar-refractivity contribution in [2.45, 2.75) is 0 Å². The molecule has 0 spiro atoms. The van der Waals surface area contributed by atoms with Crippen molar-refractivity contribution in [3.05, 3.63) is 35.4 Å². The Morgan fingerprint density at radius 3 is 1.57 bits per heavy atom. The Hall–Kier alpha value is -1.98. The van der Waals surface area contributed by atoms with Crippen LogP contribution in [0.4, 0.5) is 9.41 Å². The molecule has 4 nitrogen and oxygen atoms in total. The SMILES string of the molecule is F.F.O=C(O)c1cccc(C(=O)O)c1. The topological polar surface area (TPSA) is 74.6 Å². The normalized spacial score (nSPS) is 8.00. The first-order valence-electron chi connectivity index (χ1n) is 3.18. The van der Waals surface area contributed by atoms with Crippen molar-refractivity contribution >= 4 is 11.9 Å². The van der Waals surface area contributed by atoms with Gasteiger partial charge in [0.1, 0.15) is 0 Å². The van der Waals surface area contributed by atoms with Gasteiger partial charge < -0.3 is 10.2 Å². The molecule has 0 bridgehead atoms. The highest BCUT2D eigenvalue weighted by Crippen LogP contribution is 2.04. The zero-order valence-electron chi connectivity index (χ0n) is 6.84. The maximum absolute atomic E-state index is 10.4. The smallest absolute Gasteiger partial charge is 0.335 e. The third kappa shape index (κ3) is 3.18. The summed E-state index contributed by atoms with van der Waals surface area (Å²) in [5, 5.41) is 17.0. The molecule has 0 unspecified atom stereocenters. The molecule has 0 aliphatic rings. The van der Waals surface area contributed by atoms with E-state index in [0.29, 0.717) is 0 Å². The van der Waals surface area contributed by atoms with Gasteiger partial charge in [-0.05, 0) is 18.2 Å². The molecule has 0 aliphatic carbocycles. The number of rotatable bonds is 2. The molecule has 0 saturated carbocycles.